The second kappa shape index (κ2) is 7.45. The van der Waals surface area contributed by atoms with Crippen LogP contribution in [0.1, 0.15) is 28.4 Å². The number of carbonyl (C=O) groups excluding carboxylic acids is 1. The molecular formula is C15H14Cl2N2O3. The van der Waals surface area contributed by atoms with Crippen molar-refractivity contribution < 1.29 is 9.90 Å². The Morgan fingerprint density at radius 1 is 1.23 bits per heavy atom. The van der Waals surface area contributed by atoms with E-state index in [0.29, 0.717) is 22.0 Å². The first-order valence-corrected chi connectivity index (χ1v) is 7.33. The molecule has 0 bridgehead atoms. The fraction of sp³-hybridized carbons (Fsp3) is 0.200. The van der Waals surface area contributed by atoms with Gasteiger partial charge in [-0.15, -0.1) is 0 Å². The molecule has 0 radical (unpaired) electrons. The molecule has 22 heavy (non-hydrogen) atoms. The summed E-state index contributed by atoms with van der Waals surface area (Å²) in [6.45, 7) is 0.257. The molecule has 0 unspecified atom stereocenters. The van der Waals surface area contributed by atoms with Crippen LogP contribution in [0.4, 0.5) is 0 Å². The normalized spacial score (nSPS) is 12.0. The third-order valence-electron chi connectivity index (χ3n) is 3.07. The summed E-state index contributed by atoms with van der Waals surface area (Å²) < 4.78 is 0. The summed E-state index contributed by atoms with van der Waals surface area (Å²) in [6.07, 6.45) is 0.948. The second-order valence-electron chi connectivity index (χ2n) is 4.68. The van der Waals surface area contributed by atoms with Crippen LogP contribution in [0.2, 0.25) is 10.0 Å². The molecule has 1 aromatic carbocycles. The van der Waals surface area contributed by atoms with E-state index in [1.54, 1.807) is 18.2 Å². The van der Waals surface area contributed by atoms with Crippen LogP contribution in [-0.4, -0.2) is 22.5 Å². The van der Waals surface area contributed by atoms with Gasteiger partial charge in [-0.2, -0.15) is 0 Å². The molecule has 0 aliphatic rings. The minimum absolute atomic E-state index is 0.257. The number of amides is 1. The number of nitrogens with one attached hydrogen (secondary N) is 2. The molecule has 0 fully saturated rings. The zero-order valence-electron chi connectivity index (χ0n) is 11.5. The molecule has 0 aliphatic heterocycles. The fourth-order valence-electron chi connectivity index (χ4n) is 1.90. The third kappa shape index (κ3) is 4.34. The average molecular weight is 341 g/mol. The summed E-state index contributed by atoms with van der Waals surface area (Å²) in [5.74, 6) is -0.368. The van der Waals surface area contributed by atoms with Gasteiger partial charge in [0.15, 0.2) is 0 Å². The molecule has 1 aromatic heterocycles. The van der Waals surface area contributed by atoms with E-state index in [9.17, 15) is 14.7 Å². The highest BCUT2D eigenvalue weighted by molar-refractivity contribution is 6.42. The molecule has 0 saturated heterocycles. The minimum Gasteiger partial charge on any atom is -0.388 e. The van der Waals surface area contributed by atoms with Crippen LogP contribution in [0.3, 0.4) is 0 Å². The van der Waals surface area contributed by atoms with Crippen molar-refractivity contribution in [3.05, 3.63) is 68.1 Å². The summed E-state index contributed by atoms with van der Waals surface area (Å²) in [6, 6.07) is 7.60. The smallest absolute Gasteiger partial charge is 0.251 e. The van der Waals surface area contributed by atoms with Crippen LogP contribution in [0.25, 0.3) is 0 Å². The SMILES string of the molecule is O=C(NCC[C@@H](O)c1ccc(Cl)c(Cl)c1)c1cc[nH]c(=O)c1. The topological polar surface area (TPSA) is 82.2 Å². The number of aromatic amines is 1. The maximum absolute atomic E-state index is 11.8. The van der Waals surface area contributed by atoms with Gasteiger partial charge in [-0.25, -0.2) is 0 Å². The predicted octanol–water partition coefficient (Wildman–Crippen LogP) is 2.54. The second-order valence-corrected chi connectivity index (χ2v) is 5.49. The number of H-pyrrole nitrogens is 1. The van der Waals surface area contributed by atoms with E-state index in [4.69, 9.17) is 23.2 Å². The van der Waals surface area contributed by atoms with Crippen LogP contribution in [0.5, 0.6) is 0 Å². The molecule has 1 atom stereocenters. The Bertz CT molecular complexity index is 731. The number of carbonyl (C=O) groups is 1. The van der Waals surface area contributed by atoms with E-state index in [2.05, 4.69) is 10.3 Å². The molecule has 0 aliphatic carbocycles. The van der Waals surface area contributed by atoms with Crippen molar-refractivity contribution >= 4 is 29.1 Å². The van der Waals surface area contributed by atoms with E-state index in [-0.39, 0.29) is 23.6 Å². The largest absolute Gasteiger partial charge is 0.388 e. The number of aliphatic hydroxyl groups excluding tert-OH is 1. The highest BCUT2D eigenvalue weighted by atomic mass is 35.5. The summed E-state index contributed by atoms with van der Waals surface area (Å²) in [5.41, 5.74) is 0.552. The van der Waals surface area contributed by atoms with E-state index in [1.165, 1.54) is 18.3 Å². The summed E-state index contributed by atoms with van der Waals surface area (Å²) in [7, 11) is 0. The molecule has 3 N–H and O–H groups in total. The van der Waals surface area contributed by atoms with E-state index in [0.717, 1.165) is 0 Å². The van der Waals surface area contributed by atoms with Gasteiger partial charge in [0.2, 0.25) is 5.56 Å². The lowest BCUT2D eigenvalue weighted by atomic mass is 10.1. The van der Waals surface area contributed by atoms with Crippen LogP contribution in [0, 0.1) is 0 Å². The lowest BCUT2D eigenvalue weighted by molar-refractivity contribution is 0.0942. The quantitative estimate of drug-likeness (QED) is 0.782. The van der Waals surface area contributed by atoms with Gasteiger partial charge in [0, 0.05) is 24.4 Å². The average Bonchev–Trinajstić information content (AvgIpc) is 2.49. The Morgan fingerprint density at radius 2 is 2.00 bits per heavy atom. The van der Waals surface area contributed by atoms with Gasteiger partial charge in [0.05, 0.1) is 16.1 Å². The third-order valence-corrected chi connectivity index (χ3v) is 3.81. The van der Waals surface area contributed by atoms with Crippen molar-refractivity contribution in [1.82, 2.24) is 10.3 Å². The number of aliphatic hydroxyl groups is 1. The number of hydrogen-bond donors (Lipinski definition) is 3. The van der Waals surface area contributed by atoms with Crippen molar-refractivity contribution in [1.29, 1.82) is 0 Å². The van der Waals surface area contributed by atoms with Crippen molar-refractivity contribution in [2.75, 3.05) is 6.54 Å². The van der Waals surface area contributed by atoms with E-state index < -0.39 is 6.10 Å². The van der Waals surface area contributed by atoms with Crippen LogP contribution < -0.4 is 10.9 Å². The standard InChI is InChI=1S/C15H14Cl2N2O3/c16-11-2-1-9(7-12(11)17)13(20)4-6-19-15(22)10-3-5-18-14(21)8-10/h1-3,5,7-8,13,20H,4,6H2,(H,18,21)(H,19,22)/t13-/m1/s1. The molecule has 116 valence electrons. The Balaban J connectivity index is 1.89. The molecule has 2 rings (SSSR count). The van der Waals surface area contributed by atoms with Gasteiger partial charge in [0.1, 0.15) is 0 Å². The molecule has 0 saturated carbocycles. The first-order valence-electron chi connectivity index (χ1n) is 6.57. The Kier molecular flexibility index (Phi) is 5.60. The highest BCUT2D eigenvalue weighted by Crippen LogP contribution is 2.26. The summed E-state index contributed by atoms with van der Waals surface area (Å²) in [4.78, 5) is 25.4. The molecule has 0 spiro atoms. The summed E-state index contributed by atoms with van der Waals surface area (Å²) in [5, 5.41) is 13.5. The minimum atomic E-state index is -0.769. The first-order chi connectivity index (χ1) is 10.5. The van der Waals surface area contributed by atoms with Crippen LogP contribution >= 0.6 is 23.2 Å². The molecule has 5 nitrogen and oxygen atoms in total. The van der Waals surface area contributed by atoms with Gasteiger partial charge in [0.25, 0.3) is 5.91 Å². The molecule has 2 aromatic rings. The zero-order valence-corrected chi connectivity index (χ0v) is 13.0. The van der Waals surface area contributed by atoms with Crippen molar-refractivity contribution in [2.45, 2.75) is 12.5 Å². The molecular weight excluding hydrogens is 327 g/mol. The number of rotatable bonds is 5. The number of pyridine rings is 1. The first kappa shape index (κ1) is 16.5. The predicted molar refractivity (Wildman–Crippen MR) is 85.4 cm³/mol. The molecule has 1 heterocycles. The van der Waals surface area contributed by atoms with Gasteiger partial charge in [-0.1, -0.05) is 29.3 Å². The van der Waals surface area contributed by atoms with Crippen molar-refractivity contribution in [3.8, 4) is 0 Å². The summed E-state index contributed by atoms with van der Waals surface area (Å²) >= 11 is 11.7. The zero-order chi connectivity index (χ0) is 16.1. The number of halogens is 2. The van der Waals surface area contributed by atoms with Crippen LogP contribution in [-0.2, 0) is 0 Å². The van der Waals surface area contributed by atoms with E-state index >= 15 is 0 Å². The van der Waals surface area contributed by atoms with Gasteiger partial charge in [-0.3, -0.25) is 9.59 Å². The van der Waals surface area contributed by atoms with Gasteiger partial charge in [-0.05, 0) is 30.2 Å². The molecule has 7 heteroatoms. The fourth-order valence-corrected chi connectivity index (χ4v) is 2.20. The van der Waals surface area contributed by atoms with E-state index in [1.807, 2.05) is 0 Å². The maximum atomic E-state index is 11.8. The van der Waals surface area contributed by atoms with Crippen molar-refractivity contribution in [3.63, 3.8) is 0 Å². The Morgan fingerprint density at radius 3 is 2.68 bits per heavy atom. The van der Waals surface area contributed by atoms with Crippen molar-refractivity contribution in [2.24, 2.45) is 0 Å². The number of aromatic nitrogens is 1. The lowest BCUT2D eigenvalue weighted by Gasteiger charge is -2.12. The van der Waals surface area contributed by atoms with Gasteiger partial charge < -0.3 is 15.4 Å². The highest BCUT2D eigenvalue weighted by Gasteiger charge is 2.11. The number of benzene rings is 1. The number of hydrogen-bond acceptors (Lipinski definition) is 3. The Labute approximate surface area is 136 Å². The van der Waals surface area contributed by atoms with Gasteiger partial charge >= 0.3 is 0 Å². The van der Waals surface area contributed by atoms with Crippen LogP contribution in [0.15, 0.2) is 41.3 Å². The Hall–Kier alpha value is -1.82. The maximum Gasteiger partial charge on any atom is 0.251 e. The monoisotopic (exact) mass is 340 g/mol. The molecule has 1 amide bonds. The lowest BCUT2D eigenvalue weighted by Crippen LogP contribution is -2.26.